The van der Waals surface area contributed by atoms with Crippen molar-refractivity contribution in [1.82, 2.24) is 4.90 Å². The van der Waals surface area contributed by atoms with Crippen LogP contribution in [0.15, 0.2) is 0 Å². The summed E-state index contributed by atoms with van der Waals surface area (Å²) in [5.41, 5.74) is 6.68. The fourth-order valence-corrected chi connectivity index (χ4v) is 4.34. The van der Waals surface area contributed by atoms with Crippen molar-refractivity contribution in [2.24, 2.45) is 5.73 Å². The Balaban J connectivity index is 2.18. The first-order valence-electron chi connectivity index (χ1n) is 5.77. The molecule has 2 rings (SSSR count). The van der Waals surface area contributed by atoms with Crippen molar-refractivity contribution in [2.75, 3.05) is 18.1 Å². The van der Waals surface area contributed by atoms with E-state index in [0.717, 1.165) is 0 Å². The van der Waals surface area contributed by atoms with Gasteiger partial charge in [-0.05, 0) is 44.6 Å². The monoisotopic (exact) mass is 214 g/mol. The maximum Gasteiger partial charge on any atom is 0.0379 e. The third kappa shape index (κ3) is 1.59. The molecule has 2 N–H and O–H groups in total. The van der Waals surface area contributed by atoms with E-state index in [1.807, 2.05) is 0 Å². The summed E-state index contributed by atoms with van der Waals surface area (Å²) in [5, 5.41) is 0. The van der Waals surface area contributed by atoms with E-state index in [1.54, 1.807) is 0 Å². The van der Waals surface area contributed by atoms with E-state index in [-0.39, 0.29) is 0 Å². The lowest BCUT2D eigenvalue weighted by Gasteiger charge is -2.46. The van der Waals surface area contributed by atoms with Gasteiger partial charge in [-0.3, -0.25) is 4.90 Å². The Morgan fingerprint density at radius 1 is 1.36 bits per heavy atom. The van der Waals surface area contributed by atoms with Gasteiger partial charge in [-0.2, -0.15) is 11.8 Å². The largest absolute Gasteiger partial charge is 0.326 e. The zero-order chi connectivity index (χ0) is 10.2. The Bertz CT molecular complexity index is 199. The van der Waals surface area contributed by atoms with E-state index in [4.69, 9.17) is 5.73 Å². The first-order chi connectivity index (χ1) is 6.67. The average molecular weight is 214 g/mol. The van der Waals surface area contributed by atoms with Crippen LogP contribution >= 0.6 is 11.8 Å². The molecule has 2 heterocycles. The van der Waals surface area contributed by atoms with Crippen LogP contribution in [0.5, 0.6) is 0 Å². The van der Waals surface area contributed by atoms with Crippen molar-refractivity contribution < 1.29 is 0 Å². The normalized spacial score (nSPS) is 33.0. The van der Waals surface area contributed by atoms with E-state index < -0.39 is 0 Å². The van der Waals surface area contributed by atoms with Gasteiger partial charge >= 0.3 is 0 Å². The molecule has 1 unspecified atom stereocenters. The van der Waals surface area contributed by atoms with E-state index in [1.165, 1.54) is 37.3 Å². The Morgan fingerprint density at radius 2 is 2.00 bits per heavy atom. The molecule has 2 aliphatic rings. The SMILES string of the molecule is CC(C)N1CCC(N)C12CCSCC2. The minimum atomic E-state index is 0.361. The molecule has 0 saturated carbocycles. The minimum Gasteiger partial charge on any atom is -0.326 e. The molecule has 1 spiro atoms. The second-order valence-electron chi connectivity index (χ2n) is 4.90. The highest BCUT2D eigenvalue weighted by molar-refractivity contribution is 7.99. The lowest BCUT2D eigenvalue weighted by Crippen LogP contribution is -2.57. The van der Waals surface area contributed by atoms with Gasteiger partial charge in [0.05, 0.1) is 0 Å². The fourth-order valence-electron chi connectivity index (χ4n) is 3.14. The van der Waals surface area contributed by atoms with Crippen molar-refractivity contribution in [3.63, 3.8) is 0 Å². The quantitative estimate of drug-likeness (QED) is 0.720. The molecule has 0 aliphatic carbocycles. The van der Waals surface area contributed by atoms with E-state index in [2.05, 4.69) is 30.5 Å². The zero-order valence-electron chi connectivity index (χ0n) is 9.33. The second-order valence-corrected chi connectivity index (χ2v) is 6.12. The molecule has 2 fully saturated rings. The zero-order valence-corrected chi connectivity index (χ0v) is 10.1. The number of likely N-dealkylation sites (tertiary alicyclic amines) is 1. The summed E-state index contributed by atoms with van der Waals surface area (Å²) in [4.78, 5) is 2.66. The van der Waals surface area contributed by atoms with E-state index in [0.29, 0.717) is 17.6 Å². The average Bonchev–Trinajstić information content (AvgIpc) is 2.46. The van der Waals surface area contributed by atoms with Crippen molar-refractivity contribution >= 4 is 11.8 Å². The molecule has 0 aromatic rings. The highest BCUT2D eigenvalue weighted by Gasteiger charge is 2.48. The summed E-state index contributed by atoms with van der Waals surface area (Å²) >= 11 is 2.09. The van der Waals surface area contributed by atoms with Gasteiger partial charge in [0, 0.05) is 24.2 Å². The molecular weight excluding hydrogens is 192 g/mol. The molecule has 2 aliphatic heterocycles. The van der Waals surface area contributed by atoms with Crippen LogP contribution in [-0.4, -0.2) is 40.6 Å². The molecular formula is C11H22N2S. The summed E-state index contributed by atoms with van der Waals surface area (Å²) in [7, 11) is 0. The second kappa shape index (κ2) is 4.03. The Morgan fingerprint density at radius 3 is 2.57 bits per heavy atom. The van der Waals surface area contributed by atoms with Gasteiger partial charge in [0.25, 0.3) is 0 Å². The highest BCUT2D eigenvalue weighted by Crippen LogP contribution is 2.40. The first kappa shape index (κ1) is 10.8. The van der Waals surface area contributed by atoms with Crippen LogP contribution in [-0.2, 0) is 0 Å². The molecule has 1 atom stereocenters. The summed E-state index contributed by atoms with van der Waals surface area (Å²) in [6.45, 7) is 5.83. The van der Waals surface area contributed by atoms with Gasteiger partial charge in [0.2, 0.25) is 0 Å². The molecule has 3 heteroatoms. The van der Waals surface area contributed by atoms with Gasteiger partial charge in [-0.1, -0.05) is 0 Å². The van der Waals surface area contributed by atoms with Crippen LogP contribution in [0.1, 0.15) is 33.1 Å². The maximum absolute atomic E-state index is 6.32. The Hall–Kier alpha value is 0.270. The highest BCUT2D eigenvalue weighted by atomic mass is 32.2. The molecule has 0 aromatic heterocycles. The maximum atomic E-state index is 6.32. The summed E-state index contributed by atoms with van der Waals surface area (Å²) in [6, 6.07) is 1.08. The van der Waals surface area contributed by atoms with Gasteiger partial charge in [-0.15, -0.1) is 0 Å². The van der Waals surface area contributed by atoms with Crippen LogP contribution in [0.25, 0.3) is 0 Å². The lowest BCUT2D eigenvalue weighted by atomic mass is 9.85. The van der Waals surface area contributed by atoms with Crippen LogP contribution in [0.2, 0.25) is 0 Å². The number of thioether (sulfide) groups is 1. The third-order valence-electron chi connectivity index (χ3n) is 3.93. The lowest BCUT2D eigenvalue weighted by molar-refractivity contribution is 0.0824. The molecule has 2 saturated heterocycles. The fraction of sp³-hybridized carbons (Fsp3) is 1.00. The van der Waals surface area contributed by atoms with Crippen molar-refractivity contribution in [3.05, 3.63) is 0 Å². The van der Waals surface area contributed by atoms with Crippen molar-refractivity contribution in [3.8, 4) is 0 Å². The van der Waals surface area contributed by atoms with E-state index in [9.17, 15) is 0 Å². The van der Waals surface area contributed by atoms with Crippen LogP contribution < -0.4 is 5.73 Å². The molecule has 0 aromatic carbocycles. The summed E-state index contributed by atoms with van der Waals surface area (Å²) in [5.74, 6) is 2.60. The predicted octanol–water partition coefficient (Wildman–Crippen LogP) is 1.69. The molecule has 0 radical (unpaired) electrons. The van der Waals surface area contributed by atoms with E-state index >= 15 is 0 Å². The van der Waals surface area contributed by atoms with Gasteiger partial charge < -0.3 is 5.73 Å². The van der Waals surface area contributed by atoms with Crippen LogP contribution in [0.3, 0.4) is 0 Å². The van der Waals surface area contributed by atoms with Gasteiger partial charge in [-0.25, -0.2) is 0 Å². The van der Waals surface area contributed by atoms with Gasteiger partial charge in [0.15, 0.2) is 0 Å². The minimum absolute atomic E-state index is 0.361. The standard InChI is InChI=1S/C11H22N2S/c1-9(2)13-6-3-10(12)11(13)4-7-14-8-5-11/h9-10H,3-8,12H2,1-2H3. The molecule has 82 valence electrons. The number of rotatable bonds is 1. The topological polar surface area (TPSA) is 29.3 Å². The van der Waals surface area contributed by atoms with Crippen LogP contribution in [0.4, 0.5) is 0 Å². The van der Waals surface area contributed by atoms with Crippen molar-refractivity contribution in [1.29, 1.82) is 0 Å². The smallest absolute Gasteiger partial charge is 0.0379 e. The molecule has 0 bridgehead atoms. The van der Waals surface area contributed by atoms with Crippen molar-refractivity contribution in [2.45, 2.75) is 50.7 Å². The summed E-state index contributed by atoms with van der Waals surface area (Å²) < 4.78 is 0. The number of nitrogens with zero attached hydrogens (tertiary/aromatic N) is 1. The molecule has 2 nitrogen and oxygen atoms in total. The Labute approximate surface area is 91.6 Å². The number of hydrogen-bond donors (Lipinski definition) is 1. The summed E-state index contributed by atoms with van der Waals surface area (Å²) in [6.07, 6.45) is 3.80. The Kier molecular flexibility index (Phi) is 3.10. The first-order valence-corrected chi connectivity index (χ1v) is 6.92. The number of nitrogens with two attached hydrogens (primary N) is 1. The van der Waals surface area contributed by atoms with Gasteiger partial charge in [0.1, 0.15) is 0 Å². The van der Waals surface area contributed by atoms with Crippen LogP contribution in [0, 0.1) is 0 Å². The molecule has 0 amide bonds. The third-order valence-corrected chi connectivity index (χ3v) is 4.91. The molecule has 14 heavy (non-hydrogen) atoms. The predicted molar refractivity (Wildman–Crippen MR) is 63.7 cm³/mol. The number of hydrogen-bond acceptors (Lipinski definition) is 3.